The molecule has 0 aliphatic heterocycles. The number of nitrogens with two attached hydrogens (primary N) is 1. The number of rotatable bonds is 6. The van der Waals surface area contributed by atoms with Crippen LogP contribution in [0.15, 0.2) is 24.3 Å². The molecular weight excluding hydrogens is 248 g/mol. The smallest absolute Gasteiger partial charge is 0.236 e. The van der Waals surface area contributed by atoms with Gasteiger partial charge in [-0.1, -0.05) is 26.0 Å². The Kier molecular flexibility index (Phi) is 5.16. The Balaban J connectivity index is 3.03. The highest BCUT2D eigenvalue weighted by Crippen LogP contribution is 2.22. The summed E-state index contributed by atoms with van der Waals surface area (Å²) in [7, 11) is -3.30. The Morgan fingerprint density at radius 2 is 1.78 bits per heavy atom. The second-order valence-electron chi connectivity index (χ2n) is 4.52. The van der Waals surface area contributed by atoms with Crippen LogP contribution in [0.4, 0.5) is 5.69 Å². The third kappa shape index (κ3) is 3.46. The van der Waals surface area contributed by atoms with E-state index in [1.165, 1.54) is 9.87 Å². The van der Waals surface area contributed by atoms with Crippen LogP contribution in [0.25, 0.3) is 0 Å². The van der Waals surface area contributed by atoms with Gasteiger partial charge in [0.2, 0.25) is 10.0 Å². The van der Waals surface area contributed by atoms with Gasteiger partial charge in [0.25, 0.3) is 0 Å². The van der Waals surface area contributed by atoms with Crippen LogP contribution >= 0.6 is 0 Å². The van der Waals surface area contributed by atoms with Gasteiger partial charge in [0.1, 0.15) is 0 Å². The molecule has 1 aromatic rings. The van der Waals surface area contributed by atoms with Crippen LogP contribution < -0.4 is 10.0 Å². The Bertz CT molecular complexity index is 466. The zero-order chi connectivity index (χ0) is 13.8. The topological polar surface area (TPSA) is 63.4 Å². The molecule has 18 heavy (non-hydrogen) atoms. The SMILES string of the molecule is CCN(c1ccc(C(C)C)cc1)S(=O)(=O)CCN. The van der Waals surface area contributed by atoms with Crippen molar-refractivity contribution in [2.75, 3.05) is 23.1 Å². The van der Waals surface area contributed by atoms with Crippen LogP contribution in [-0.2, 0) is 10.0 Å². The molecule has 0 saturated carbocycles. The monoisotopic (exact) mass is 270 g/mol. The molecule has 0 radical (unpaired) electrons. The highest BCUT2D eigenvalue weighted by Gasteiger charge is 2.19. The number of hydrogen-bond donors (Lipinski definition) is 1. The number of benzene rings is 1. The lowest BCUT2D eigenvalue weighted by atomic mass is 10.0. The van der Waals surface area contributed by atoms with Gasteiger partial charge in [-0.3, -0.25) is 4.31 Å². The molecule has 0 aromatic heterocycles. The number of hydrogen-bond acceptors (Lipinski definition) is 3. The molecule has 0 unspecified atom stereocenters. The van der Waals surface area contributed by atoms with E-state index >= 15 is 0 Å². The summed E-state index contributed by atoms with van der Waals surface area (Å²) >= 11 is 0. The quantitative estimate of drug-likeness (QED) is 0.859. The van der Waals surface area contributed by atoms with Crippen molar-refractivity contribution >= 4 is 15.7 Å². The van der Waals surface area contributed by atoms with Crippen molar-refractivity contribution in [3.63, 3.8) is 0 Å². The second kappa shape index (κ2) is 6.20. The Morgan fingerprint density at radius 1 is 1.22 bits per heavy atom. The molecule has 4 nitrogen and oxygen atoms in total. The van der Waals surface area contributed by atoms with Crippen molar-refractivity contribution in [2.45, 2.75) is 26.7 Å². The zero-order valence-electron chi connectivity index (χ0n) is 11.3. The lowest BCUT2D eigenvalue weighted by molar-refractivity contribution is 0.591. The van der Waals surface area contributed by atoms with Crippen LogP contribution in [0.5, 0.6) is 0 Å². The summed E-state index contributed by atoms with van der Waals surface area (Å²) in [5.41, 5.74) is 7.25. The molecule has 0 aliphatic rings. The summed E-state index contributed by atoms with van der Waals surface area (Å²) < 4.78 is 25.5. The van der Waals surface area contributed by atoms with Crippen LogP contribution in [0.1, 0.15) is 32.3 Å². The van der Waals surface area contributed by atoms with E-state index in [2.05, 4.69) is 13.8 Å². The van der Waals surface area contributed by atoms with E-state index in [0.29, 0.717) is 18.2 Å². The molecule has 0 aliphatic carbocycles. The van der Waals surface area contributed by atoms with Crippen LogP contribution in [0.2, 0.25) is 0 Å². The van der Waals surface area contributed by atoms with Gasteiger partial charge in [-0.15, -0.1) is 0 Å². The molecule has 0 heterocycles. The fourth-order valence-corrected chi connectivity index (χ4v) is 3.18. The fraction of sp³-hybridized carbons (Fsp3) is 0.538. The maximum absolute atomic E-state index is 12.0. The average molecular weight is 270 g/mol. The molecule has 0 bridgehead atoms. The minimum Gasteiger partial charge on any atom is -0.329 e. The van der Waals surface area contributed by atoms with Crippen molar-refractivity contribution in [1.29, 1.82) is 0 Å². The summed E-state index contributed by atoms with van der Waals surface area (Å²) in [4.78, 5) is 0. The number of sulfonamides is 1. The second-order valence-corrected chi connectivity index (χ2v) is 6.53. The molecule has 0 spiro atoms. The van der Waals surface area contributed by atoms with Gasteiger partial charge in [0.05, 0.1) is 11.4 Å². The molecular formula is C13H22N2O2S. The van der Waals surface area contributed by atoms with Crippen molar-refractivity contribution in [1.82, 2.24) is 0 Å². The van der Waals surface area contributed by atoms with E-state index in [1.807, 2.05) is 31.2 Å². The Hall–Kier alpha value is -1.07. The minimum absolute atomic E-state index is 0.0211. The summed E-state index contributed by atoms with van der Waals surface area (Å²) in [6.07, 6.45) is 0. The van der Waals surface area contributed by atoms with E-state index in [0.717, 1.165) is 0 Å². The van der Waals surface area contributed by atoms with Gasteiger partial charge >= 0.3 is 0 Å². The van der Waals surface area contributed by atoms with Gasteiger partial charge in [0.15, 0.2) is 0 Å². The molecule has 0 fully saturated rings. The van der Waals surface area contributed by atoms with Crippen molar-refractivity contribution in [2.24, 2.45) is 5.73 Å². The maximum atomic E-state index is 12.0. The predicted octanol–water partition coefficient (Wildman–Crippen LogP) is 1.92. The summed E-state index contributed by atoms with van der Waals surface area (Å²) in [5, 5.41) is 0. The van der Waals surface area contributed by atoms with Gasteiger partial charge in [-0.2, -0.15) is 0 Å². The van der Waals surface area contributed by atoms with E-state index in [4.69, 9.17) is 5.73 Å². The fourth-order valence-electron chi connectivity index (χ4n) is 1.82. The van der Waals surface area contributed by atoms with Gasteiger partial charge in [-0.25, -0.2) is 8.42 Å². The number of anilines is 1. The molecule has 2 N–H and O–H groups in total. The largest absolute Gasteiger partial charge is 0.329 e. The molecule has 1 rings (SSSR count). The first-order chi connectivity index (χ1) is 8.42. The van der Waals surface area contributed by atoms with Crippen molar-refractivity contribution in [3.8, 4) is 0 Å². The lowest BCUT2D eigenvalue weighted by Gasteiger charge is -2.23. The summed E-state index contributed by atoms with van der Waals surface area (Å²) in [6.45, 7) is 6.60. The molecule has 1 aromatic carbocycles. The summed E-state index contributed by atoms with van der Waals surface area (Å²) in [6, 6.07) is 7.65. The third-order valence-corrected chi connectivity index (χ3v) is 4.74. The van der Waals surface area contributed by atoms with Crippen molar-refractivity contribution in [3.05, 3.63) is 29.8 Å². The van der Waals surface area contributed by atoms with E-state index in [9.17, 15) is 8.42 Å². The van der Waals surface area contributed by atoms with Crippen LogP contribution in [0, 0.1) is 0 Å². The highest BCUT2D eigenvalue weighted by molar-refractivity contribution is 7.92. The molecule has 5 heteroatoms. The minimum atomic E-state index is -3.30. The first kappa shape index (κ1) is 15.0. The predicted molar refractivity (Wildman–Crippen MR) is 76.4 cm³/mol. The normalized spacial score (nSPS) is 11.8. The van der Waals surface area contributed by atoms with Gasteiger partial charge in [0, 0.05) is 13.1 Å². The summed E-state index contributed by atoms with van der Waals surface area (Å²) in [5.74, 6) is 0.419. The maximum Gasteiger partial charge on any atom is 0.236 e. The molecule has 102 valence electrons. The number of nitrogens with zero attached hydrogens (tertiary/aromatic N) is 1. The average Bonchev–Trinajstić information content (AvgIpc) is 2.30. The highest BCUT2D eigenvalue weighted by atomic mass is 32.2. The third-order valence-electron chi connectivity index (χ3n) is 2.85. The lowest BCUT2D eigenvalue weighted by Crippen LogP contribution is -2.35. The Labute approximate surface area is 110 Å². The molecule has 0 saturated heterocycles. The van der Waals surface area contributed by atoms with Gasteiger partial charge < -0.3 is 5.73 Å². The van der Waals surface area contributed by atoms with Crippen molar-refractivity contribution < 1.29 is 8.42 Å². The van der Waals surface area contributed by atoms with Crippen LogP contribution in [0.3, 0.4) is 0 Å². The first-order valence-corrected chi connectivity index (χ1v) is 7.83. The standard InChI is InChI=1S/C13H22N2O2S/c1-4-15(18(16,17)10-9-14)13-7-5-12(6-8-13)11(2)3/h5-8,11H,4,9-10,14H2,1-3H3. The van der Waals surface area contributed by atoms with E-state index in [1.54, 1.807) is 0 Å². The zero-order valence-corrected chi connectivity index (χ0v) is 12.1. The molecule has 0 atom stereocenters. The van der Waals surface area contributed by atoms with E-state index in [-0.39, 0.29) is 12.3 Å². The first-order valence-electron chi connectivity index (χ1n) is 6.22. The molecule has 0 amide bonds. The van der Waals surface area contributed by atoms with Crippen LogP contribution in [-0.4, -0.2) is 27.3 Å². The van der Waals surface area contributed by atoms with Gasteiger partial charge in [-0.05, 0) is 30.5 Å². The Morgan fingerprint density at radius 3 is 2.17 bits per heavy atom. The van der Waals surface area contributed by atoms with E-state index < -0.39 is 10.0 Å².